The quantitative estimate of drug-likeness (QED) is 0.651. The van der Waals surface area contributed by atoms with Crippen molar-refractivity contribution in [2.75, 3.05) is 13.7 Å². The molecule has 0 aliphatic heterocycles. The first-order valence-electron chi connectivity index (χ1n) is 8.49. The Hall–Kier alpha value is -2.33. The highest BCUT2D eigenvalue weighted by atomic mass is 35.5. The molecule has 3 rings (SSSR count). The van der Waals surface area contributed by atoms with Crippen LogP contribution in [0.4, 0.5) is 0 Å². The van der Waals surface area contributed by atoms with Crippen LogP contribution in [0.2, 0.25) is 5.02 Å². The number of hydrogen-bond acceptors (Lipinski definition) is 3. The number of methoxy groups -OCH3 is 1. The molecule has 134 valence electrons. The first-order valence-corrected chi connectivity index (χ1v) is 8.87. The minimum absolute atomic E-state index is 0.371. The van der Waals surface area contributed by atoms with Gasteiger partial charge in [-0.2, -0.15) is 0 Å². The van der Waals surface area contributed by atoms with Crippen LogP contribution in [0.3, 0.4) is 0 Å². The lowest BCUT2D eigenvalue weighted by Crippen LogP contribution is -2.39. The summed E-state index contributed by atoms with van der Waals surface area (Å²) in [5.74, 6) is 0.820. The zero-order valence-electron chi connectivity index (χ0n) is 14.7. The third kappa shape index (κ3) is 4.25. The lowest BCUT2D eigenvalue weighted by Gasteiger charge is -2.30. The average Bonchev–Trinajstić information content (AvgIpc) is 2.69. The minimum Gasteiger partial charge on any atom is -0.497 e. The van der Waals surface area contributed by atoms with Crippen LogP contribution in [0.1, 0.15) is 16.7 Å². The van der Waals surface area contributed by atoms with Crippen LogP contribution in [-0.4, -0.2) is 18.8 Å². The zero-order valence-corrected chi connectivity index (χ0v) is 15.4. The fraction of sp³-hybridized carbons (Fsp3) is 0.182. The summed E-state index contributed by atoms with van der Waals surface area (Å²) in [6.45, 7) is 0.996. The Bertz CT molecular complexity index is 836. The van der Waals surface area contributed by atoms with Crippen molar-refractivity contribution in [3.05, 3.63) is 101 Å². The summed E-state index contributed by atoms with van der Waals surface area (Å²) in [5.41, 5.74) is 1.58. The standard InChI is InChI=1S/C22H22ClNO2/c1-26-21-9-5-6-17(14-21)15-24-16-22(25,18-7-3-2-4-8-18)19-10-12-20(23)13-11-19/h2-14,24-25H,15-16H2,1H3/t22-/m1/s1. The predicted octanol–water partition coefficient (Wildman–Crippen LogP) is 4.37. The molecule has 0 spiro atoms. The molecule has 0 fully saturated rings. The van der Waals surface area contributed by atoms with Gasteiger partial charge in [-0.3, -0.25) is 0 Å². The second-order valence-corrected chi connectivity index (χ2v) is 6.62. The number of aliphatic hydroxyl groups is 1. The summed E-state index contributed by atoms with van der Waals surface area (Å²) in [7, 11) is 1.65. The van der Waals surface area contributed by atoms with E-state index in [9.17, 15) is 5.11 Å². The van der Waals surface area contributed by atoms with E-state index in [1.807, 2.05) is 66.7 Å². The lowest BCUT2D eigenvalue weighted by atomic mass is 9.86. The van der Waals surface area contributed by atoms with Crippen LogP contribution in [-0.2, 0) is 12.1 Å². The van der Waals surface area contributed by atoms with Gasteiger partial charge >= 0.3 is 0 Å². The van der Waals surface area contributed by atoms with Gasteiger partial charge in [-0.1, -0.05) is 66.2 Å². The molecule has 0 heterocycles. The summed E-state index contributed by atoms with van der Waals surface area (Å²) >= 11 is 6.01. The van der Waals surface area contributed by atoms with E-state index in [0.29, 0.717) is 18.1 Å². The Balaban J connectivity index is 1.81. The normalized spacial score (nSPS) is 13.2. The summed E-state index contributed by atoms with van der Waals surface area (Å²) in [5, 5.41) is 15.5. The minimum atomic E-state index is -1.15. The Morgan fingerprint density at radius 1 is 0.923 bits per heavy atom. The van der Waals surface area contributed by atoms with Crippen LogP contribution in [0.5, 0.6) is 5.75 Å². The van der Waals surface area contributed by atoms with Gasteiger partial charge in [-0.15, -0.1) is 0 Å². The molecular formula is C22H22ClNO2. The van der Waals surface area contributed by atoms with Crippen molar-refractivity contribution in [1.29, 1.82) is 0 Å². The third-order valence-electron chi connectivity index (χ3n) is 4.42. The van der Waals surface area contributed by atoms with Gasteiger partial charge in [0.2, 0.25) is 0 Å². The molecule has 0 saturated carbocycles. The Labute approximate surface area is 159 Å². The number of benzene rings is 3. The molecule has 0 amide bonds. The number of ether oxygens (including phenoxy) is 1. The van der Waals surface area contributed by atoms with E-state index in [1.165, 1.54) is 0 Å². The van der Waals surface area contributed by atoms with Crippen LogP contribution in [0.25, 0.3) is 0 Å². The fourth-order valence-electron chi connectivity index (χ4n) is 2.98. The smallest absolute Gasteiger partial charge is 0.127 e. The lowest BCUT2D eigenvalue weighted by molar-refractivity contribution is 0.0796. The molecular weight excluding hydrogens is 346 g/mol. The van der Waals surface area contributed by atoms with Gasteiger partial charge in [0.25, 0.3) is 0 Å². The van der Waals surface area contributed by atoms with Crippen molar-refractivity contribution in [2.45, 2.75) is 12.1 Å². The number of nitrogens with one attached hydrogen (secondary N) is 1. The Morgan fingerprint density at radius 2 is 1.62 bits per heavy atom. The molecule has 26 heavy (non-hydrogen) atoms. The fourth-order valence-corrected chi connectivity index (χ4v) is 3.11. The molecule has 0 aliphatic carbocycles. The molecule has 0 saturated heterocycles. The molecule has 1 atom stereocenters. The first kappa shape index (κ1) is 18.5. The van der Waals surface area contributed by atoms with Gasteiger partial charge in [0, 0.05) is 18.1 Å². The summed E-state index contributed by atoms with van der Waals surface area (Å²) < 4.78 is 5.26. The van der Waals surface area contributed by atoms with Gasteiger partial charge in [0.05, 0.1) is 7.11 Å². The topological polar surface area (TPSA) is 41.5 Å². The van der Waals surface area contributed by atoms with Gasteiger partial charge in [0.15, 0.2) is 0 Å². The molecule has 3 aromatic carbocycles. The summed E-state index contributed by atoms with van der Waals surface area (Å²) in [6, 6.07) is 24.9. The van der Waals surface area contributed by atoms with E-state index in [-0.39, 0.29) is 0 Å². The highest BCUT2D eigenvalue weighted by Crippen LogP contribution is 2.30. The molecule has 0 radical (unpaired) electrons. The first-order chi connectivity index (χ1) is 12.6. The van der Waals surface area contributed by atoms with E-state index in [1.54, 1.807) is 19.2 Å². The number of halogens is 1. The van der Waals surface area contributed by atoms with Crippen molar-refractivity contribution >= 4 is 11.6 Å². The van der Waals surface area contributed by atoms with E-state index < -0.39 is 5.60 Å². The zero-order chi connectivity index (χ0) is 18.4. The second-order valence-electron chi connectivity index (χ2n) is 6.19. The maximum atomic E-state index is 11.5. The van der Waals surface area contributed by atoms with Crippen molar-refractivity contribution in [3.63, 3.8) is 0 Å². The van der Waals surface area contributed by atoms with Crippen molar-refractivity contribution in [1.82, 2.24) is 5.32 Å². The maximum absolute atomic E-state index is 11.5. The Kier molecular flexibility index (Phi) is 5.94. The molecule has 3 nitrogen and oxygen atoms in total. The van der Waals surface area contributed by atoms with Gasteiger partial charge < -0.3 is 15.2 Å². The van der Waals surface area contributed by atoms with E-state index in [0.717, 1.165) is 22.4 Å². The van der Waals surface area contributed by atoms with Crippen molar-refractivity contribution in [2.24, 2.45) is 0 Å². The van der Waals surface area contributed by atoms with Crippen molar-refractivity contribution < 1.29 is 9.84 Å². The molecule has 0 unspecified atom stereocenters. The van der Waals surface area contributed by atoms with Crippen LogP contribution in [0, 0.1) is 0 Å². The van der Waals surface area contributed by atoms with E-state index >= 15 is 0 Å². The SMILES string of the molecule is COc1cccc(CNC[C@@](O)(c2ccccc2)c2ccc(Cl)cc2)c1. The average molecular weight is 368 g/mol. The molecule has 3 aromatic rings. The van der Waals surface area contributed by atoms with Crippen LogP contribution < -0.4 is 10.1 Å². The van der Waals surface area contributed by atoms with Gasteiger partial charge in [-0.25, -0.2) is 0 Å². The molecule has 0 aromatic heterocycles. The molecule has 0 aliphatic rings. The second kappa shape index (κ2) is 8.37. The summed E-state index contributed by atoms with van der Waals surface area (Å²) in [4.78, 5) is 0. The molecule has 4 heteroatoms. The molecule has 2 N–H and O–H groups in total. The van der Waals surface area contributed by atoms with Crippen molar-refractivity contribution in [3.8, 4) is 5.75 Å². The summed E-state index contributed by atoms with van der Waals surface area (Å²) in [6.07, 6.45) is 0. The van der Waals surface area contributed by atoms with E-state index in [4.69, 9.17) is 16.3 Å². The van der Waals surface area contributed by atoms with Gasteiger partial charge in [-0.05, 0) is 41.0 Å². The Morgan fingerprint density at radius 3 is 2.31 bits per heavy atom. The third-order valence-corrected chi connectivity index (χ3v) is 4.67. The van der Waals surface area contributed by atoms with Gasteiger partial charge in [0.1, 0.15) is 11.4 Å². The maximum Gasteiger partial charge on any atom is 0.127 e. The number of hydrogen-bond donors (Lipinski definition) is 2. The molecule has 0 bridgehead atoms. The highest BCUT2D eigenvalue weighted by Gasteiger charge is 2.31. The van der Waals surface area contributed by atoms with Crippen LogP contribution >= 0.6 is 11.6 Å². The number of rotatable bonds is 7. The monoisotopic (exact) mass is 367 g/mol. The van der Waals surface area contributed by atoms with Crippen LogP contribution in [0.15, 0.2) is 78.9 Å². The van der Waals surface area contributed by atoms with E-state index in [2.05, 4.69) is 5.32 Å². The predicted molar refractivity (Wildman–Crippen MR) is 106 cm³/mol. The highest BCUT2D eigenvalue weighted by molar-refractivity contribution is 6.30. The largest absolute Gasteiger partial charge is 0.497 e.